The van der Waals surface area contributed by atoms with Gasteiger partial charge in [0.15, 0.2) is 28.8 Å². The molecular formula is C28H22O9. The first-order chi connectivity index (χ1) is 18.0. The van der Waals surface area contributed by atoms with Gasteiger partial charge in [0.25, 0.3) is 0 Å². The van der Waals surface area contributed by atoms with Gasteiger partial charge in [-0.15, -0.1) is 0 Å². The van der Waals surface area contributed by atoms with Gasteiger partial charge in [-0.25, -0.2) is 0 Å². The number of methoxy groups -OCH3 is 3. The molecule has 0 radical (unpaired) electrons. The van der Waals surface area contributed by atoms with Crippen LogP contribution >= 0.6 is 0 Å². The lowest BCUT2D eigenvalue weighted by molar-refractivity contribution is -0.135. The number of carbonyl (C=O) groups is 2. The molecule has 9 nitrogen and oxygen atoms in total. The van der Waals surface area contributed by atoms with Gasteiger partial charge in [0, 0.05) is 11.5 Å². The predicted molar refractivity (Wildman–Crippen MR) is 130 cm³/mol. The lowest BCUT2D eigenvalue weighted by atomic mass is 9.84. The molecule has 0 aromatic heterocycles. The molecule has 0 spiro atoms. The zero-order valence-corrected chi connectivity index (χ0v) is 20.3. The second kappa shape index (κ2) is 8.77. The van der Waals surface area contributed by atoms with Gasteiger partial charge in [-0.3, -0.25) is 9.59 Å². The summed E-state index contributed by atoms with van der Waals surface area (Å²) in [6, 6.07) is 12.2. The van der Waals surface area contributed by atoms with Crippen molar-refractivity contribution in [1.29, 1.82) is 0 Å². The summed E-state index contributed by atoms with van der Waals surface area (Å²) in [4.78, 5) is 25.8. The monoisotopic (exact) mass is 502 g/mol. The highest BCUT2D eigenvalue weighted by molar-refractivity contribution is 6.15. The Morgan fingerprint density at radius 2 is 1.62 bits per heavy atom. The Bertz CT molecular complexity index is 1490. The van der Waals surface area contributed by atoms with Crippen molar-refractivity contribution in [3.8, 4) is 40.2 Å². The van der Waals surface area contributed by atoms with Crippen molar-refractivity contribution in [2.45, 2.75) is 12.3 Å². The van der Waals surface area contributed by atoms with E-state index >= 15 is 0 Å². The molecule has 0 N–H and O–H groups in total. The van der Waals surface area contributed by atoms with Gasteiger partial charge in [0.05, 0.1) is 33.3 Å². The second-order valence-corrected chi connectivity index (χ2v) is 8.60. The Hall–Kier alpha value is -4.66. The molecule has 0 aliphatic carbocycles. The maximum Gasteiger partial charge on any atom is 0.312 e. The highest BCUT2D eigenvalue weighted by Crippen LogP contribution is 2.51. The van der Waals surface area contributed by atoms with Crippen LogP contribution in [0.5, 0.6) is 40.2 Å². The molecule has 1 unspecified atom stereocenters. The molecule has 1 atom stereocenters. The maximum absolute atomic E-state index is 13.3. The quantitative estimate of drug-likeness (QED) is 0.284. The molecule has 3 aliphatic rings. The normalized spacial score (nSPS) is 18.1. The van der Waals surface area contributed by atoms with Gasteiger partial charge in [-0.1, -0.05) is 6.07 Å². The number of hydrogen-bond donors (Lipinski definition) is 0. The van der Waals surface area contributed by atoms with Crippen molar-refractivity contribution in [3.63, 3.8) is 0 Å². The zero-order valence-electron chi connectivity index (χ0n) is 20.3. The van der Waals surface area contributed by atoms with Gasteiger partial charge in [-0.2, -0.15) is 0 Å². The first-order valence-corrected chi connectivity index (χ1v) is 11.5. The molecule has 0 fully saturated rings. The Labute approximate surface area is 212 Å². The van der Waals surface area contributed by atoms with E-state index in [0.717, 1.165) is 5.56 Å². The third kappa shape index (κ3) is 3.70. The van der Waals surface area contributed by atoms with Gasteiger partial charge in [0.2, 0.25) is 18.3 Å². The number of hydrogen-bond acceptors (Lipinski definition) is 9. The van der Waals surface area contributed by atoms with Gasteiger partial charge in [-0.05, 0) is 53.6 Å². The molecule has 37 heavy (non-hydrogen) atoms. The number of allylic oxidation sites excluding steroid dienone is 1. The molecule has 3 aliphatic heterocycles. The van der Waals surface area contributed by atoms with Crippen molar-refractivity contribution < 1.29 is 42.7 Å². The molecule has 3 aromatic rings. The predicted octanol–water partition coefficient (Wildman–Crippen LogP) is 4.50. The van der Waals surface area contributed by atoms with Crippen molar-refractivity contribution in [2.75, 3.05) is 28.1 Å². The Morgan fingerprint density at radius 3 is 2.41 bits per heavy atom. The summed E-state index contributed by atoms with van der Waals surface area (Å²) >= 11 is 0. The van der Waals surface area contributed by atoms with Crippen molar-refractivity contribution in [3.05, 3.63) is 70.5 Å². The van der Waals surface area contributed by atoms with Crippen LogP contribution in [0.4, 0.5) is 0 Å². The SMILES string of the molecule is COc1ccc(C=C2Oc3c(ccc4c3C(c3cc(OC)c5c(c3)OCO5)CC(=O)O4)C2=O)cc1OC. The third-order valence-electron chi connectivity index (χ3n) is 6.57. The summed E-state index contributed by atoms with van der Waals surface area (Å²) in [5.74, 6) is 2.36. The molecule has 0 saturated heterocycles. The van der Waals surface area contributed by atoms with Crippen LogP contribution in [0, 0.1) is 0 Å². The molecule has 0 bridgehead atoms. The molecule has 0 amide bonds. The fourth-order valence-electron chi connectivity index (χ4n) is 4.84. The van der Waals surface area contributed by atoms with Gasteiger partial charge in [0.1, 0.15) is 11.5 Å². The summed E-state index contributed by atoms with van der Waals surface area (Å²) in [6.07, 6.45) is 1.70. The summed E-state index contributed by atoms with van der Waals surface area (Å²) in [5.41, 5.74) is 2.45. The standard InChI is InChI=1S/C28H22O9/c1-31-18-6-4-14(8-20(18)32-2)9-21-26(30)16-5-7-19-25(27(16)37-21)17(12-24(29)36-19)15-10-22(33-3)28-23(11-15)34-13-35-28/h4-11,17H,12-13H2,1-3H3. The van der Waals surface area contributed by atoms with E-state index in [2.05, 4.69) is 0 Å². The number of ether oxygens (including phenoxy) is 7. The van der Waals surface area contributed by atoms with Crippen molar-refractivity contribution in [1.82, 2.24) is 0 Å². The highest BCUT2D eigenvalue weighted by Gasteiger charge is 2.39. The number of Topliss-reactive ketones (excluding diaryl/α,β-unsaturated/α-hetero) is 1. The second-order valence-electron chi connectivity index (χ2n) is 8.60. The fourth-order valence-corrected chi connectivity index (χ4v) is 4.84. The minimum atomic E-state index is -0.456. The lowest BCUT2D eigenvalue weighted by Crippen LogP contribution is -2.21. The number of fused-ring (bicyclic) bond motifs is 4. The Morgan fingerprint density at radius 1 is 0.811 bits per heavy atom. The number of esters is 1. The first kappa shape index (κ1) is 22.8. The molecular weight excluding hydrogens is 480 g/mol. The molecule has 3 aromatic carbocycles. The van der Waals surface area contributed by atoms with Crippen LogP contribution in [0.15, 0.2) is 48.2 Å². The average molecular weight is 502 g/mol. The lowest BCUT2D eigenvalue weighted by Gasteiger charge is -2.26. The minimum Gasteiger partial charge on any atom is -0.493 e. The van der Waals surface area contributed by atoms with Crippen LogP contribution < -0.4 is 33.2 Å². The van der Waals surface area contributed by atoms with Crippen molar-refractivity contribution in [2.24, 2.45) is 0 Å². The summed E-state index contributed by atoms with van der Waals surface area (Å²) in [5, 5.41) is 0. The van der Waals surface area contributed by atoms with Crippen LogP contribution in [-0.4, -0.2) is 39.9 Å². The average Bonchev–Trinajstić information content (AvgIpc) is 3.51. The van der Waals surface area contributed by atoms with E-state index in [9.17, 15) is 9.59 Å². The van der Waals surface area contributed by atoms with E-state index in [0.29, 0.717) is 56.9 Å². The highest BCUT2D eigenvalue weighted by atomic mass is 16.7. The van der Waals surface area contributed by atoms with E-state index in [1.54, 1.807) is 56.7 Å². The summed E-state index contributed by atoms with van der Waals surface area (Å²) in [7, 11) is 4.63. The van der Waals surface area contributed by atoms with Crippen LogP contribution in [0.25, 0.3) is 6.08 Å². The Kier molecular flexibility index (Phi) is 5.40. The third-order valence-corrected chi connectivity index (χ3v) is 6.57. The van der Waals surface area contributed by atoms with E-state index in [-0.39, 0.29) is 30.7 Å². The number of carbonyl (C=O) groups excluding carboxylic acids is 2. The van der Waals surface area contributed by atoms with Gasteiger partial charge < -0.3 is 33.2 Å². The summed E-state index contributed by atoms with van der Waals surface area (Å²) < 4.78 is 38.9. The molecule has 188 valence electrons. The molecule has 6 rings (SSSR count). The van der Waals surface area contributed by atoms with Crippen molar-refractivity contribution >= 4 is 17.8 Å². The number of rotatable bonds is 5. The fraction of sp³-hybridized carbons (Fsp3) is 0.214. The van der Waals surface area contributed by atoms with E-state index in [1.165, 1.54) is 7.11 Å². The molecule has 9 heteroatoms. The molecule has 0 saturated carbocycles. The number of benzene rings is 3. The molecule has 3 heterocycles. The summed E-state index contributed by atoms with van der Waals surface area (Å²) in [6.45, 7) is 0.0791. The maximum atomic E-state index is 13.3. The van der Waals surface area contributed by atoms with Gasteiger partial charge >= 0.3 is 5.97 Å². The Balaban J connectivity index is 1.43. The van der Waals surface area contributed by atoms with Crippen LogP contribution in [-0.2, 0) is 4.79 Å². The first-order valence-electron chi connectivity index (χ1n) is 11.5. The smallest absolute Gasteiger partial charge is 0.312 e. The minimum absolute atomic E-state index is 0.0541. The number of ketones is 1. The van der Waals surface area contributed by atoms with Crippen LogP contribution in [0.1, 0.15) is 39.4 Å². The topological polar surface area (TPSA) is 98.8 Å². The van der Waals surface area contributed by atoms with E-state index in [4.69, 9.17) is 33.2 Å². The van der Waals surface area contributed by atoms with E-state index < -0.39 is 5.92 Å². The van der Waals surface area contributed by atoms with E-state index in [1.807, 2.05) is 6.07 Å². The van der Waals surface area contributed by atoms with Crippen LogP contribution in [0.2, 0.25) is 0 Å². The van der Waals surface area contributed by atoms with Crippen LogP contribution in [0.3, 0.4) is 0 Å². The zero-order chi connectivity index (χ0) is 25.7. The largest absolute Gasteiger partial charge is 0.493 e.